The maximum atomic E-state index is 12.5. The monoisotopic (exact) mass is 360 g/mol. The van der Waals surface area contributed by atoms with Crippen LogP contribution in [0.3, 0.4) is 0 Å². The van der Waals surface area contributed by atoms with Gasteiger partial charge in [0.1, 0.15) is 18.0 Å². The first-order chi connectivity index (χ1) is 12.3. The number of aliphatic hydroxyl groups excluding tert-OH is 1. The van der Waals surface area contributed by atoms with Gasteiger partial charge < -0.3 is 19.3 Å². The van der Waals surface area contributed by atoms with Crippen LogP contribution < -0.4 is 0 Å². The van der Waals surface area contributed by atoms with E-state index in [0.29, 0.717) is 5.57 Å². The summed E-state index contributed by atoms with van der Waals surface area (Å²) in [5.74, 6) is -1.94. The number of ether oxygens (including phenoxy) is 3. The topological polar surface area (TPSA) is 99.1 Å². The van der Waals surface area contributed by atoms with E-state index in [4.69, 9.17) is 14.2 Å². The summed E-state index contributed by atoms with van der Waals surface area (Å²) >= 11 is 0. The Hall–Kier alpha value is -2.67. The number of allylic oxidation sites excluding steroid dienone is 1. The van der Waals surface area contributed by atoms with Crippen molar-refractivity contribution in [3.05, 3.63) is 47.8 Å². The Morgan fingerprint density at radius 3 is 2.88 bits per heavy atom. The maximum absolute atomic E-state index is 12.5. The molecule has 0 unspecified atom stereocenters. The first kappa shape index (κ1) is 18.1. The molecule has 2 bridgehead atoms. The summed E-state index contributed by atoms with van der Waals surface area (Å²) in [6.07, 6.45) is 4.00. The lowest BCUT2D eigenvalue weighted by molar-refractivity contribution is -0.152. The Morgan fingerprint density at radius 1 is 1.50 bits per heavy atom. The fraction of sp³-hybridized carbons (Fsp3) is 0.421. The van der Waals surface area contributed by atoms with E-state index in [-0.39, 0.29) is 23.5 Å². The Balaban J connectivity index is 2.07. The molecule has 3 aliphatic heterocycles. The first-order valence-electron chi connectivity index (χ1n) is 8.29. The van der Waals surface area contributed by atoms with Crippen molar-refractivity contribution in [2.24, 2.45) is 5.92 Å². The Kier molecular flexibility index (Phi) is 4.58. The second-order valence-electron chi connectivity index (χ2n) is 6.66. The molecule has 138 valence electrons. The number of carbonyl (C=O) groups is 3. The van der Waals surface area contributed by atoms with Gasteiger partial charge in [0.25, 0.3) is 0 Å². The SMILES string of the molecule is C=C1C(=O)O[C@H]2/C=C(/CO)C3=CC(=O)[C@@](C)(C[C@@H](OC(=O)/C=C/C)[C@H]12)O3. The van der Waals surface area contributed by atoms with Crippen molar-refractivity contribution in [3.8, 4) is 0 Å². The fourth-order valence-corrected chi connectivity index (χ4v) is 3.44. The molecule has 0 spiro atoms. The molecule has 4 atom stereocenters. The Labute approximate surface area is 150 Å². The molecule has 1 saturated heterocycles. The average molecular weight is 360 g/mol. The molecule has 7 nitrogen and oxygen atoms in total. The lowest BCUT2D eigenvalue weighted by atomic mass is 9.82. The number of rotatable bonds is 3. The fourth-order valence-electron chi connectivity index (χ4n) is 3.44. The normalized spacial score (nSPS) is 35.5. The van der Waals surface area contributed by atoms with Gasteiger partial charge in [0, 0.05) is 29.7 Å². The lowest BCUT2D eigenvalue weighted by Gasteiger charge is -2.31. The summed E-state index contributed by atoms with van der Waals surface area (Å²) in [6, 6.07) is 0. The molecule has 3 heterocycles. The molecule has 0 aromatic carbocycles. The molecule has 26 heavy (non-hydrogen) atoms. The van der Waals surface area contributed by atoms with Crippen LogP contribution in [0.15, 0.2) is 47.8 Å². The van der Waals surface area contributed by atoms with Gasteiger partial charge in [0.15, 0.2) is 5.60 Å². The zero-order valence-corrected chi connectivity index (χ0v) is 14.6. The number of ketones is 1. The van der Waals surface area contributed by atoms with Crippen molar-refractivity contribution in [2.75, 3.05) is 6.61 Å². The second kappa shape index (κ2) is 6.57. The molecule has 1 fully saturated rings. The van der Waals surface area contributed by atoms with E-state index in [0.717, 1.165) is 0 Å². The van der Waals surface area contributed by atoms with Gasteiger partial charge in [-0.25, -0.2) is 9.59 Å². The molecule has 0 aliphatic carbocycles. The van der Waals surface area contributed by atoms with Crippen molar-refractivity contribution in [1.82, 2.24) is 0 Å². The quantitative estimate of drug-likeness (QED) is 0.595. The van der Waals surface area contributed by atoms with Crippen LogP contribution in [0, 0.1) is 5.92 Å². The molecule has 3 rings (SSSR count). The standard InChI is InChI=1S/C19H20O7/c1-4-5-16(22)24-14-8-19(3)15(21)7-12(26-19)11(9-20)6-13-17(14)10(2)18(23)25-13/h4-7,13-14,17,20H,2,8-9H2,1,3H3/b5-4+,11-6-/t13-,14+,17+,19+/m0/s1. The third kappa shape index (κ3) is 2.99. The number of esters is 2. The molecule has 1 N–H and O–H groups in total. The summed E-state index contributed by atoms with van der Waals surface area (Å²) in [5.41, 5.74) is -0.782. The van der Waals surface area contributed by atoms with Gasteiger partial charge in [-0.2, -0.15) is 0 Å². The zero-order chi connectivity index (χ0) is 19.1. The molecule has 7 heteroatoms. The van der Waals surface area contributed by atoms with Crippen LogP contribution in [-0.2, 0) is 28.6 Å². The minimum atomic E-state index is -1.27. The Morgan fingerprint density at radius 2 is 2.23 bits per heavy atom. The number of carbonyl (C=O) groups excluding carboxylic acids is 3. The molecule has 0 amide bonds. The highest BCUT2D eigenvalue weighted by Gasteiger charge is 2.51. The summed E-state index contributed by atoms with van der Waals surface area (Å²) in [4.78, 5) is 36.5. The second-order valence-corrected chi connectivity index (χ2v) is 6.66. The smallest absolute Gasteiger partial charge is 0.334 e. The predicted octanol–water partition coefficient (Wildman–Crippen LogP) is 1.14. The van der Waals surface area contributed by atoms with Crippen molar-refractivity contribution >= 4 is 17.7 Å². The van der Waals surface area contributed by atoms with Crippen LogP contribution in [-0.4, -0.2) is 47.2 Å². The van der Waals surface area contributed by atoms with Gasteiger partial charge in [0.2, 0.25) is 5.78 Å². The average Bonchev–Trinajstić information content (AvgIpc) is 3.02. The molecule has 0 aromatic rings. The molecular weight excluding hydrogens is 340 g/mol. The minimum absolute atomic E-state index is 0.0263. The summed E-state index contributed by atoms with van der Waals surface area (Å²) in [5, 5.41) is 9.67. The minimum Gasteiger partial charge on any atom is -0.479 e. The van der Waals surface area contributed by atoms with Gasteiger partial charge in [-0.3, -0.25) is 4.79 Å². The molecule has 0 saturated carbocycles. The van der Waals surface area contributed by atoms with Crippen LogP contribution in [0.25, 0.3) is 0 Å². The van der Waals surface area contributed by atoms with E-state index in [1.54, 1.807) is 13.8 Å². The molecular formula is C19H20O7. The van der Waals surface area contributed by atoms with E-state index < -0.39 is 42.3 Å². The highest BCUT2D eigenvalue weighted by Crippen LogP contribution is 2.42. The highest BCUT2D eigenvalue weighted by molar-refractivity contribution is 6.00. The third-order valence-electron chi connectivity index (χ3n) is 4.79. The van der Waals surface area contributed by atoms with Crippen molar-refractivity contribution < 1.29 is 33.7 Å². The van der Waals surface area contributed by atoms with Crippen LogP contribution in [0.5, 0.6) is 0 Å². The maximum Gasteiger partial charge on any atom is 0.334 e. The summed E-state index contributed by atoms with van der Waals surface area (Å²) in [6.45, 7) is 6.63. The van der Waals surface area contributed by atoms with E-state index in [9.17, 15) is 19.5 Å². The number of fused-ring (bicyclic) bond motifs is 3. The molecule has 0 aromatic heterocycles. The predicted molar refractivity (Wildman–Crippen MR) is 89.6 cm³/mol. The summed E-state index contributed by atoms with van der Waals surface area (Å²) in [7, 11) is 0. The molecule has 3 aliphatic rings. The largest absolute Gasteiger partial charge is 0.479 e. The number of aliphatic hydroxyl groups is 1. The number of hydrogen-bond donors (Lipinski definition) is 1. The third-order valence-corrected chi connectivity index (χ3v) is 4.79. The number of hydrogen-bond acceptors (Lipinski definition) is 7. The van der Waals surface area contributed by atoms with E-state index >= 15 is 0 Å². The van der Waals surface area contributed by atoms with Gasteiger partial charge in [-0.15, -0.1) is 0 Å². The summed E-state index contributed by atoms with van der Waals surface area (Å²) < 4.78 is 16.6. The Bertz CT molecular complexity index is 773. The van der Waals surface area contributed by atoms with Crippen molar-refractivity contribution in [1.29, 1.82) is 0 Å². The lowest BCUT2D eigenvalue weighted by Crippen LogP contribution is -2.42. The van der Waals surface area contributed by atoms with E-state index in [2.05, 4.69) is 6.58 Å². The van der Waals surface area contributed by atoms with E-state index in [1.165, 1.54) is 24.3 Å². The zero-order valence-electron chi connectivity index (χ0n) is 14.6. The first-order valence-corrected chi connectivity index (χ1v) is 8.29. The van der Waals surface area contributed by atoms with E-state index in [1.807, 2.05) is 0 Å². The molecule has 0 radical (unpaired) electrons. The van der Waals surface area contributed by atoms with Crippen LogP contribution in [0.2, 0.25) is 0 Å². The van der Waals surface area contributed by atoms with Crippen LogP contribution in [0.4, 0.5) is 0 Å². The van der Waals surface area contributed by atoms with Crippen LogP contribution >= 0.6 is 0 Å². The van der Waals surface area contributed by atoms with Gasteiger partial charge in [0.05, 0.1) is 12.5 Å². The van der Waals surface area contributed by atoms with Crippen LogP contribution in [0.1, 0.15) is 20.3 Å². The highest BCUT2D eigenvalue weighted by atomic mass is 16.6. The van der Waals surface area contributed by atoms with Crippen molar-refractivity contribution in [2.45, 2.75) is 38.1 Å². The van der Waals surface area contributed by atoms with Gasteiger partial charge in [-0.1, -0.05) is 12.7 Å². The van der Waals surface area contributed by atoms with Gasteiger partial charge in [-0.05, 0) is 19.9 Å². The van der Waals surface area contributed by atoms with Crippen molar-refractivity contribution in [3.63, 3.8) is 0 Å². The van der Waals surface area contributed by atoms with Gasteiger partial charge >= 0.3 is 11.9 Å².